The van der Waals surface area contributed by atoms with Crippen molar-refractivity contribution in [3.63, 3.8) is 0 Å². The maximum absolute atomic E-state index is 13.9. The van der Waals surface area contributed by atoms with E-state index in [0.717, 1.165) is 6.07 Å². The van der Waals surface area contributed by atoms with Crippen molar-refractivity contribution in [2.24, 2.45) is 11.1 Å². The number of ether oxygens (including phenoxy) is 1. The molecule has 0 aliphatic carbocycles. The van der Waals surface area contributed by atoms with E-state index < -0.39 is 27.2 Å². The molecule has 170 valence electrons. The topological polar surface area (TPSA) is 106 Å². The molecule has 8 nitrogen and oxygen atoms in total. The molecule has 32 heavy (non-hydrogen) atoms. The highest BCUT2D eigenvalue weighted by Gasteiger charge is 2.49. The Morgan fingerprint density at radius 3 is 2.59 bits per heavy atom. The molecule has 0 unspecified atom stereocenters. The van der Waals surface area contributed by atoms with E-state index in [1.165, 1.54) is 34.6 Å². The monoisotopic (exact) mass is 500 g/mol. The Hall–Kier alpha value is -2.42. The number of hydrogen-bond acceptors (Lipinski definition) is 5. The molecule has 3 rings (SSSR count). The molecule has 1 heterocycles. The van der Waals surface area contributed by atoms with Gasteiger partial charge < -0.3 is 15.8 Å². The van der Waals surface area contributed by atoms with E-state index in [2.05, 4.69) is 10.2 Å². The first-order valence-electron chi connectivity index (χ1n) is 9.30. The fourth-order valence-corrected chi connectivity index (χ4v) is 5.72. The zero-order valence-electron chi connectivity index (χ0n) is 16.6. The number of hydrogen-bond donors (Lipinski definition) is 2. The van der Waals surface area contributed by atoms with Crippen molar-refractivity contribution in [2.45, 2.75) is 4.90 Å². The van der Waals surface area contributed by atoms with Crippen molar-refractivity contribution in [1.82, 2.24) is 9.62 Å². The van der Waals surface area contributed by atoms with Gasteiger partial charge in [0.25, 0.3) is 0 Å². The highest BCUT2D eigenvalue weighted by molar-refractivity contribution is 7.89. The first-order chi connectivity index (χ1) is 15.1. The van der Waals surface area contributed by atoms with Crippen LogP contribution in [0.2, 0.25) is 10.0 Å². The van der Waals surface area contributed by atoms with Gasteiger partial charge in [0, 0.05) is 36.1 Å². The van der Waals surface area contributed by atoms with Crippen LogP contribution in [0.3, 0.4) is 0 Å². The highest BCUT2D eigenvalue weighted by Crippen LogP contribution is 2.37. The lowest BCUT2D eigenvalue weighted by atomic mass is 9.82. The number of sulfonamides is 1. The van der Waals surface area contributed by atoms with Crippen molar-refractivity contribution in [3.8, 4) is 5.75 Å². The molecule has 0 spiro atoms. The number of nitrogens with one attached hydrogen (secondary N) is 1. The third-order valence-electron chi connectivity index (χ3n) is 4.92. The lowest BCUT2D eigenvalue weighted by Gasteiger charge is -2.48. The lowest BCUT2D eigenvalue weighted by Crippen LogP contribution is -2.64. The predicted molar refractivity (Wildman–Crippen MR) is 118 cm³/mol. The van der Waals surface area contributed by atoms with Crippen LogP contribution in [0.25, 0.3) is 4.85 Å². The maximum atomic E-state index is 13.9. The average Bonchev–Trinajstić information content (AvgIpc) is 2.68. The van der Waals surface area contributed by atoms with Gasteiger partial charge in [0.2, 0.25) is 21.6 Å². The molecule has 0 saturated carbocycles. The van der Waals surface area contributed by atoms with E-state index in [1.54, 1.807) is 0 Å². The number of primary amides is 1. The smallest absolute Gasteiger partial charge is 0.244 e. The Bertz CT molecular complexity index is 1180. The number of nitrogens with zero attached hydrogens (tertiary/aromatic N) is 2. The first-order valence-corrected chi connectivity index (χ1v) is 11.5. The molecule has 0 atom stereocenters. The molecule has 1 amide bonds. The van der Waals surface area contributed by atoms with E-state index in [0.29, 0.717) is 5.02 Å². The second-order valence-corrected chi connectivity index (χ2v) is 10.2. The van der Waals surface area contributed by atoms with Crippen LogP contribution in [0, 0.1) is 17.8 Å². The molecule has 1 aliphatic rings. The van der Waals surface area contributed by atoms with E-state index in [4.69, 9.17) is 40.2 Å². The molecule has 0 bridgehead atoms. The van der Waals surface area contributed by atoms with Crippen LogP contribution < -0.4 is 15.8 Å². The summed E-state index contributed by atoms with van der Waals surface area (Å²) in [5.41, 5.74) is 4.33. The molecule has 12 heteroatoms. The molecular weight excluding hydrogens is 482 g/mol. The summed E-state index contributed by atoms with van der Waals surface area (Å²) < 4.78 is 46.8. The minimum Gasteiger partial charge on any atom is -0.493 e. The van der Waals surface area contributed by atoms with Crippen LogP contribution >= 0.6 is 23.2 Å². The van der Waals surface area contributed by atoms with Crippen LogP contribution in [-0.4, -0.2) is 51.4 Å². The van der Waals surface area contributed by atoms with E-state index in [9.17, 15) is 17.6 Å². The molecule has 1 fully saturated rings. The molecule has 0 aromatic heterocycles. The van der Waals surface area contributed by atoms with Gasteiger partial charge in [0.1, 0.15) is 16.5 Å². The highest BCUT2D eigenvalue weighted by atomic mass is 35.5. The zero-order valence-corrected chi connectivity index (χ0v) is 19.0. The Balaban J connectivity index is 1.75. The van der Waals surface area contributed by atoms with Crippen LogP contribution in [0.15, 0.2) is 41.3 Å². The van der Waals surface area contributed by atoms with E-state index in [-0.39, 0.29) is 54.1 Å². The van der Waals surface area contributed by atoms with Crippen LogP contribution in [0.5, 0.6) is 5.75 Å². The predicted octanol–water partition coefficient (Wildman–Crippen LogP) is 2.83. The summed E-state index contributed by atoms with van der Waals surface area (Å²) in [7, 11) is -3.89. The molecular formula is C20H19Cl2FN4O4S. The van der Waals surface area contributed by atoms with E-state index >= 15 is 0 Å². The zero-order chi connectivity index (χ0) is 23.5. The van der Waals surface area contributed by atoms with Crippen molar-refractivity contribution >= 4 is 44.8 Å². The second kappa shape index (κ2) is 9.60. The number of amides is 1. The number of rotatable bonds is 9. The quantitative estimate of drug-likeness (QED) is 0.515. The summed E-state index contributed by atoms with van der Waals surface area (Å²) in [5.74, 6) is -1.07. The standard InChI is InChI=1S/C20H19Cl2FN4O4S/c1-25-17-4-3-14(7-16(17)23)31-12-20(9-26-8-19(24)28)10-27(11-20)32(29,30)18-5-2-13(21)6-15(18)22/h2-7,26H,8-12H2,(H2,24,28). The molecule has 1 aliphatic heterocycles. The number of halogens is 3. The first kappa shape index (κ1) is 24.2. The Labute approximate surface area is 194 Å². The van der Waals surface area contributed by atoms with Crippen molar-refractivity contribution < 1.29 is 22.3 Å². The van der Waals surface area contributed by atoms with Crippen LogP contribution in [0.1, 0.15) is 0 Å². The summed E-state index contributed by atoms with van der Waals surface area (Å²) in [6.07, 6.45) is 0. The van der Waals surface area contributed by atoms with Gasteiger partial charge in [-0.2, -0.15) is 4.31 Å². The van der Waals surface area contributed by atoms with E-state index in [1.807, 2.05) is 0 Å². The molecule has 0 radical (unpaired) electrons. The van der Waals surface area contributed by atoms with Gasteiger partial charge in [-0.25, -0.2) is 17.7 Å². The Morgan fingerprint density at radius 1 is 1.28 bits per heavy atom. The number of carbonyl (C=O) groups excluding carboxylic acids is 1. The van der Waals surface area contributed by atoms with Crippen molar-refractivity contribution in [2.75, 3.05) is 32.8 Å². The van der Waals surface area contributed by atoms with Gasteiger partial charge in [-0.3, -0.25) is 4.79 Å². The van der Waals surface area contributed by atoms with Gasteiger partial charge >= 0.3 is 0 Å². The molecule has 1 saturated heterocycles. The van der Waals surface area contributed by atoms with Crippen LogP contribution in [0.4, 0.5) is 10.1 Å². The minimum atomic E-state index is -3.89. The lowest BCUT2D eigenvalue weighted by molar-refractivity contribution is -0.117. The number of nitrogens with two attached hydrogens (primary N) is 1. The normalized spacial score (nSPS) is 15.6. The molecule has 3 N–H and O–H groups in total. The fraction of sp³-hybridized carbons (Fsp3) is 0.300. The third kappa shape index (κ3) is 5.31. The molecule has 2 aromatic carbocycles. The Morgan fingerprint density at radius 2 is 2.00 bits per heavy atom. The van der Waals surface area contributed by atoms with Crippen molar-refractivity contribution in [1.29, 1.82) is 0 Å². The average molecular weight is 501 g/mol. The number of carbonyl (C=O) groups is 1. The summed E-state index contributed by atoms with van der Waals surface area (Å²) in [6, 6.07) is 7.98. The Kier molecular flexibility index (Phi) is 7.27. The van der Waals surface area contributed by atoms with Gasteiger partial charge in [-0.15, -0.1) is 0 Å². The van der Waals surface area contributed by atoms with Crippen molar-refractivity contribution in [3.05, 3.63) is 63.7 Å². The van der Waals surface area contributed by atoms with Gasteiger partial charge in [0.05, 0.1) is 24.7 Å². The third-order valence-corrected chi connectivity index (χ3v) is 7.43. The van der Waals surface area contributed by atoms with Crippen LogP contribution in [-0.2, 0) is 14.8 Å². The van der Waals surface area contributed by atoms with Gasteiger partial charge in [-0.05, 0) is 30.3 Å². The van der Waals surface area contributed by atoms with Gasteiger partial charge in [-0.1, -0.05) is 23.2 Å². The maximum Gasteiger partial charge on any atom is 0.244 e. The number of benzene rings is 2. The molecule has 2 aromatic rings. The minimum absolute atomic E-state index is 0.00785. The summed E-state index contributed by atoms with van der Waals surface area (Å²) in [5, 5.41) is 3.21. The fourth-order valence-electron chi connectivity index (χ4n) is 3.30. The summed E-state index contributed by atoms with van der Waals surface area (Å²) >= 11 is 11.9. The summed E-state index contributed by atoms with van der Waals surface area (Å²) in [6.45, 7) is 7.23. The SMILES string of the molecule is [C-]#[N+]c1ccc(OCC2(CNCC(N)=O)CN(S(=O)(=O)c3ccc(Cl)cc3Cl)C2)cc1F. The summed E-state index contributed by atoms with van der Waals surface area (Å²) in [4.78, 5) is 14.1. The second-order valence-electron chi connectivity index (χ2n) is 7.43. The van der Waals surface area contributed by atoms with Gasteiger partial charge in [0.15, 0.2) is 0 Å². The largest absolute Gasteiger partial charge is 0.493 e.